The van der Waals surface area contributed by atoms with Gasteiger partial charge in [-0.3, -0.25) is 4.79 Å². The van der Waals surface area contributed by atoms with Gasteiger partial charge in [-0.05, 0) is 57.2 Å². The highest BCUT2D eigenvalue weighted by molar-refractivity contribution is 8.00. The Bertz CT molecular complexity index is 916. The molecule has 0 aliphatic carbocycles. The number of thioether (sulfide) groups is 1. The maximum Gasteiger partial charge on any atom is 0.277 e. The van der Waals surface area contributed by atoms with Gasteiger partial charge in [0.05, 0.1) is 0 Å². The van der Waals surface area contributed by atoms with Gasteiger partial charge in [-0.1, -0.05) is 47.5 Å². The van der Waals surface area contributed by atoms with E-state index < -0.39 is 5.25 Å². The molecule has 28 heavy (non-hydrogen) atoms. The third-order valence-corrected chi connectivity index (χ3v) is 5.57. The van der Waals surface area contributed by atoms with E-state index in [1.165, 1.54) is 11.8 Å². The summed E-state index contributed by atoms with van der Waals surface area (Å²) in [5.41, 5.74) is 4.10. The smallest absolute Gasteiger partial charge is 0.277 e. The number of hydrogen-bond acceptors (Lipinski definition) is 5. The normalized spacial score (nSPS) is 12.0. The molecule has 0 spiro atoms. The summed E-state index contributed by atoms with van der Waals surface area (Å²) in [6, 6.07) is 15.9. The molecule has 0 fully saturated rings. The van der Waals surface area contributed by atoms with Crippen molar-refractivity contribution in [2.75, 3.05) is 13.1 Å². The zero-order chi connectivity index (χ0) is 20.1. The van der Waals surface area contributed by atoms with Crippen molar-refractivity contribution in [1.82, 2.24) is 15.1 Å². The number of carbonyl (C=O) groups is 1. The summed E-state index contributed by atoms with van der Waals surface area (Å²) in [4.78, 5) is 14.9. The van der Waals surface area contributed by atoms with Crippen molar-refractivity contribution in [2.45, 2.75) is 38.2 Å². The number of nitrogens with zero attached hydrogens (tertiary/aromatic N) is 3. The van der Waals surface area contributed by atoms with Gasteiger partial charge in [0, 0.05) is 18.7 Å². The predicted octanol–water partition coefficient (Wildman–Crippen LogP) is 5.06. The van der Waals surface area contributed by atoms with E-state index in [9.17, 15) is 4.79 Å². The Hall–Kier alpha value is -2.60. The van der Waals surface area contributed by atoms with Crippen molar-refractivity contribution in [3.63, 3.8) is 0 Å². The number of aryl methyl sites for hydroxylation is 2. The molecule has 1 heterocycles. The number of carbonyl (C=O) groups excluding carboxylic acids is 1. The van der Waals surface area contributed by atoms with E-state index in [-0.39, 0.29) is 5.91 Å². The molecule has 3 aromatic rings. The molecule has 0 unspecified atom stereocenters. The molecule has 0 N–H and O–H groups in total. The lowest BCUT2D eigenvalue weighted by molar-refractivity contribution is -0.130. The van der Waals surface area contributed by atoms with Gasteiger partial charge < -0.3 is 9.32 Å². The van der Waals surface area contributed by atoms with Gasteiger partial charge in [-0.2, -0.15) is 0 Å². The average molecular weight is 396 g/mol. The van der Waals surface area contributed by atoms with Crippen LogP contribution in [0.3, 0.4) is 0 Å². The van der Waals surface area contributed by atoms with E-state index in [0.29, 0.717) is 24.2 Å². The zero-order valence-electron chi connectivity index (χ0n) is 16.7. The number of aromatic nitrogens is 2. The molecular formula is C22H25N3O2S. The SMILES string of the molecule is CCN(CC)C(=O)[C@@H](Sc1nnc(-c2cc(C)cc(C)c2)o1)c1ccccc1. The fourth-order valence-electron chi connectivity index (χ4n) is 3.16. The Labute approximate surface area is 170 Å². The number of likely N-dealkylation sites (N-methyl/N-ethyl adjacent to an activating group) is 1. The summed E-state index contributed by atoms with van der Waals surface area (Å²) in [6.45, 7) is 9.37. The third kappa shape index (κ3) is 4.62. The Morgan fingerprint density at radius 2 is 1.68 bits per heavy atom. The van der Waals surface area contributed by atoms with Crippen molar-refractivity contribution in [3.05, 3.63) is 65.2 Å². The topological polar surface area (TPSA) is 59.2 Å². The molecule has 1 atom stereocenters. The second kappa shape index (κ2) is 9.06. The van der Waals surface area contributed by atoms with Crippen LogP contribution in [0.15, 0.2) is 58.2 Å². The van der Waals surface area contributed by atoms with E-state index in [1.54, 1.807) is 0 Å². The molecular weight excluding hydrogens is 370 g/mol. The van der Waals surface area contributed by atoms with Gasteiger partial charge in [-0.25, -0.2) is 0 Å². The fraction of sp³-hybridized carbons (Fsp3) is 0.318. The quantitative estimate of drug-likeness (QED) is 0.524. The summed E-state index contributed by atoms with van der Waals surface area (Å²) in [7, 11) is 0. The average Bonchev–Trinajstić information content (AvgIpc) is 3.16. The molecule has 0 bridgehead atoms. The van der Waals surface area contributed by atoms with Crippen molar-refractivity contribution in [3.8, 4) is 11.5 Å². The van der Waals surface area contributed by atoms with Crippen molar-refractivity contribution in [1.29, 1.82) is 0 Å². The fourth-order valence-corrected chi connectivity index (χ4v) is 4.12. The van der Waals surface area contributed by atoms with Crippen LogP contribution in [0.2, 0.25) is 0 Å². The van der Waals surface area contributed by atoms with E-state index in [4.69, 9.17) is 4.42 Å². The van der Waals surface area contributed by atoms with Gasteiger partial charge in [-0.15, -0.1) is 10.2 Å². The predicted molar refractivity (Wildman–Crippen MR) is 112 cm³/mol. The Morgan fingerprint density at radius 3 is 2.29 bits per heavy atom. The lowest BCUT2D eigenvalue weighted by Crippen LogP contribution is -2.33. The Balaban J connectivity index is 1.89. The minimum atomic E-state index is -0.423. The summed E-state index contributed by atoms with van der Waals surface area (Å²) >= 11 is 1.30. The molecule has 5 nitrogen and oxygen atoms in total. The van der Waals surface area contributed by atoms with Crippen LogP contribution < -0.4 is 0 Å². The monoisotopic (exact) mass is 395 g/mol. The van der Waals surface area contributed by atoms with Crippen LogP contribution >= 0.6 is 11.8 Å². The van der Waals surface area contributed by atoms with E-state index >= 15 is 0 Å². The first-order valence-electron chi connectivity index (χ1n) is 9.44. The van der Waals surface area contributed by atoms with Crippen molar-refractivity contribution < 1.29 is 9.21 Å². The Morgan fingerprint density at radius 1 is 1.04 bits per heavy atom. The highest BCUT2D eigenvalue weighted by Crippen LogP contribution is 2.37. The zero-order valence-corrected chi connectivity index (χ0v) is 17.5. The molecule has 0 saturated carbocycles. The van der Waals surface area contributed by atoms with E-state index in [2.05, 4.69) is 16.3 Å². The summed E-state index contributed by atoms with van der Waals surface area (Å²) < 4.78 is 5.90. The highest BCUT2D eigenvalue weighted by Gasteiger charge is 2.28. The van der Waals surface area contributed by atoms with Crippen LogP contribution in [0.1, 0.15) is 35.8 Å². The first-order valence-corrected chi connectivity index (χ1v) is 10.3. The summed E-state index contributed by atoms with van der Waals surface area (Å²) in [5, 5.41) is 8.35. The third-order valence-electron chi connectivity index (χ3n) is 4.50. The molecule has 1 amide bonds. The number of hydrogen-bond donors (Lipinski definition) is 0. The van der Waals surface area contributed by atoms with Crippen LogP contribution in [0.5, 0.6) is 0 Å². The Kier molecular flexibility index (Phi) is 6.52. The van der Waals surface area contributed by atoms with Crippen LogP contribution in [-0.2, 0) is 4.79 Å². The van der Waals surface area contributed by atoms with Gasteiger partial charge >= 0.3 is 0 Å². The molecule has 0 radical (unpaired) electrons. The molecule has 146 valence electrons. The number of amides is 1. The van der Waals surface area contributed by atoms with Crippen molar-refractivity contribution in [2.24, 2.45) is 0 Å². The molecule has 0 aliphatic rings. The molecule has 1 aromatic heterocycles. The second-order valence-electron chi connectivity index (χ2n) is 6.67. The highest BCUT2D eigenvalue weighted by atomic mass is 32.2. The van der Waals surface area contributed by atoms with Crippen LogP contribution in [0.25, 0.3) is 11.5 Å². The molecule has 2 aromatic carbocycles. The molecule has 0 aliphatic heterocycles. The lowest BCUT2D eigenvalue weighted by Gasteiger charge is -2.24. The van der Waals surface area contributed by atoms with E-state index in [0.717, 1.165) is 22.3 Å². The maximum atomic E-state index is 13.1. The summed E-state index contributed by atoms with van der Waals surface area (Å²) in [5.74, 6) is 0.517. The lowest BCUT2D eigenvalue weighted by atomic mass is 10.1. The minimum absolute atomic E-state index is 0.0485. The van der Waals surface area contributed by atoms with Gasteiger partial charge in [0.2, 0.25) is 11.8 Å². The van der Waals surface area contributed by atoms with Crippen LogP contribution in [0, 0.1) is 13.8 Å². The second-order valence-corrected chi connectivity index (χ2v) is 7.72. The first-order chi connectivity index (χ1) is 13.5. The standard InChI is InChI=1S/C22H25N3O2S/c1-5-25(6-2)21(26)19(17-10-8-7-9-11-17)28-22-24-23-20(27-22)18-13-15(3)12-16(4)14-18/h7-14,19H,5-6H2,1-4H3/t19-/m0/s1. The number of benzene rings is 2. The van der Waals surface area contributed by atoms with Crippen LogP contribution in [-0.4, -0.2) is 34.1 Å². The number of rotatable bonds is 7. The minimum Gasteiger partial charge on any atom is -0.411 e. The first kappa shape index (κ1) is 20.1. The molecule has 0 saturated heterocycles. The van der Waals surface area contributed by atoms with Gasteiger partial charge in [0.15, 0.2) is 0 Å². The maximum absolute atomic E-state index is 13.1. The summed E-state index contributed by atoms with van der Waals surface area (Å²) in [6.07, 6.45) is 0. The van der Waals surface area contributed by atoms with Gasteiger partial charge in [0.25, 0.3) is 5.22 Å². The largest absolute Gasteiger partial charge is 0.411 e. The van der Waals surface area contributed by atoms with Crippen LogP contribution in [0.4, 0.5) is 0 Å². The molecule has 6 heteroatoms. The van der Waals surface area contributed by atoms with Gasteiger partial charge in [0.1, 0.15) is 5.25 Å². The van der Waals surface area contributed by atoms with Crippen molar-refractivity contribution >= 4 is 17.7 Å². The van der Waals surface area contributed by atoms with E-state index in [1.807, 2.05) is 75.1 Å². The molecule has 3 rings (SSSR count).